The molecule has 26 heavy (non-hydrogen) atoms. The zero-order chi connectivity index (χ0) is 18.3. The number of para-hydroxylation sites is 1. The maximum atomic E-state index is 12.6. The third-order valence-corrected chi connectivity index (χ3v) is 4.63. The van der Waals surface area contributed by atoms with Gasteiger partial charge in [0.1, 0.15) is 5.75 Å². The summed E-state index contributed by atoms with van der Waals surface area (Å²) in [6.07, 6.45) is 2.20. The molecule has 0 aliphatic carbocycles. The molecule has 3 N–H and O–H groups in total. The van der Waals surface area contributed by atoms with Gasteiger partial charge in [-0.3, -0.25) is 9.59 Å². The van der Waals surface area contributed by atoms with Crippen LogP contribution in [-0.4, -0.2) is 34.8 Å². The topological polar surface area (TPSA) is 91.4 Å². The Labute approximate surface area is 150 Å². The Bertz CT molecular complexity index is 1010. The molecule has 6 nitrogen and oxygen atoms in total. The third kappa shape index (κ3) is 2.86. The number of hydrogen-bond donors (Lipinski definition) is 3. The van der Waals surface area contributed by atoms with Crippen molar-refractivity contribution in [3.05, 3.63) is 65.4 Å². The van der Waals surface area contributed by atoms with Gasteiger partial charge in [0.2, 0.25) is 0 Å². The molecule has 1 aliphatic heterocycles. The van der Waals surface area contributed by atoms with Crippen LogP contribution < -0.4 is 9.97 Å². The molecule has 130 valence electrons. The highest BCUT2D eigenvalue weighted by Crippen LogP contribution is 2.30. The number of benzene rings is 2. The quantitative estimate of drug-likeness (QED) is 0.500. The minimum absolute atomic E-state index is 0.129. The third-order valence-electron chi connectivity index (χ3n) is 4.63. The molecular formula is C19H17BN2O4. The lowest BCUT2D eigenvalue weighted by Crippen LogP contribution is -2.53. The first-order chi connectivity index (χ1) is 12.5. The predicted octanol–water partition coefficient (Wildman–Crippen LogP) is 2.12. The van der Waals surface area contributed by atoms with Crippen molar-refractivity contribution in [2.45, 2.75) is 19.3 Å². The molecule has 0 radical (unpaired) electrons. The van der Waals surface area contributed by atoms with E-state index in [0.717, 1.165) is 16.5 Å². The highest BCUT2D eigenvalue weighted by molar-refractivity contribution is 6.47. The van der Waals surface area contributed by atoms with Crippen molar-refractivity contribution in [3.63, 3.8) is 0 Å². The number of carbonyl (C=O) groups excluding carboxylic acids is 2. The van der Waals surface area contributed by atoms with Crippen molar-refractivity contribution in [3.8, 4) is 5.75 Å². The molecule has 1 atom stereocenters. The highest BCUT2D eigenvalue weighted by Gasteiger charge is 2.37. The minimum atomic E-state index is -1.22. The van der Waals surface area contributed by atoms with Crippen LogP contribution in [0.3, 0.4) is 0 Å². The van der Waals surface area contributed by atoms with E-state index in [2.05, 4.69) is 10.3 Å². The average molecular weight is 348 g/mol. The molecule has 0 spiro atoms. The minimum Gasteiger partial charge on any atom is -0.534 e. The number of aromatic nitrogens is 1. The van der Waals surface area contributed by atoms with E-state index in [9.17, 15) is 14.6 Å². The lowest BCUT2D eigenvalue weighted by Gasteiger charge is -2.29. The Morgan fingerprint density at radius 1 is 1.27 bits per heavy atom. The summed E-state index contributed by atoms with van der Waals surface area (Å²) in [5.74, 6) is -0.626. The summed E-state index contributed by atoms with van der Waals surface area (Å²) >= 11 is 0. The Morgan fingerprint density at radius 3 is 2.92 bits per heavy atom. The molecule has 4 rings (SSSR count). The van der Waals surface area contributed by atoms with Crippen LogP contribution in [-0.2, 0) is 6.42 Å². The van der Waals surface area contributed by atoms with Gasteiger partial charge in [-0.25, -0.2) is 0 Å². The number of carbonyl (C=O) groups is 2. The number of hydrogen-bond acceptors (Lipinski definition) is 4. The van der Waals surface area contributed by atoms with Crippen molar-refractivity contribution in [1.82, 2.24) is 10.3 Å². The van der Waals surface area contributed by atoms with E-state index >= 15 is 0 Å². The lowest BCUT2D eigenvalue weighted by molar-refractivity contribution is 0.0939. The van der Waals surface area contributed by atoms with Crippen LogP contribution in [0.4, 0.5) is 0 Å². The SMILES string of the molecule is CC(=O)c1cccc2c1OB(O)[C@@H](NC(=O)c1ccc3cc[nH]c3c1)C2. The Kier molecular flexibility index (Phi) is 4.01. The number of Topliss-reactive ketones (excluding diaryl/α,β-unsaturated/α-hetero) is 1. The standard InChI is InChI=1S/C19H17BN2O4/c1-11(23)15-4-2-3-13-10-17(20(25)26-18(13)15)22-19(24)14-6-5-12-7-8-21-16(12)9-14/h2-9,17,21,25H,10H2,1H3,(H,22,24)/t17-/m0/s1. The monoisotopic (exact) mass is 348 g/mol. The average Bonchev–Trinajstić information content (AvgIpc) is 3.09. The van der Waals surface area contributed by atoms with E-state index in [1.165, 1.54) is 6.92 Å². The van der Waals surface area contributed by atoms with Gasteiger partial charge in [-0.15, -0.1) is 0 Å². The molecule has 3 aromatic rings. The predicted molar refractivity (Wildman–Crippen MR) is 98.3 cm³/mol. The molecule has 1 aliphatic rings. The number of ketones is 1. The van der Waals surface area contributed by atoms with Gasteiger partial charge in [0.15, 0.2) is 5.78 Å². The van der Waals surface area contributed by atoms with Crippen LogP contribution in [0.15, 0.2) is 48.7 Å². The molecular weight excluding hydrogens is 331 g/mol. The molecule has 0 saturated heterocycles. The van der Waals surface area contributed by atoms with Gasteiger partial charge in [0.25, 0.3) is 5.91 Å². The molecule has 7 heteroatoms. The van der Waals surface area contributed by atoms with Gasteiger partial charge < -0.3 is 20.0 Å². The fourth-order valence-electron chi connectivity index (χ4n) is 3.27. The van der Waals surface area contributed by atoms with Crippen molar-refractivity contribution in [2.75, 3.05) is 0 Å². The van der Waals surface area contributed by atoms with E-state index in [0.29, 0.717) is 23.3 Å². The maximum absolute atomic E-state index is 12.6. The van der Waals surface area contributed by atoms with E-state index in [-0.39, 0.29) is 11.7 Å². The van der Waals surface area contributed by atoms with Crippen LogP contribution >= 0.6 is 0 Å². The van der Waals surface area contributed by atoms with Crippen LogP contribution in [0.1, 0.15) is 33.2 Å². The normalized spacial score (nSPS) is 16.1. The molecule has 1 aromatic heterocycles. The molecule has 0 unspecified atom stereocenters. The summed E-state index contributed by atoms with van der Waals surface area (Å²) in [6.45, 7) is 1.45. The summed E-state index contributed by atoms with van der Waals surface area (Å²) in [7, 11) is -1.22. The van der Waals surface area contributed by atoms with Crippen molar-refractivity contribution in [1.29, 1.82) is 0 Å². The van der Waals surface area contributed by atoms with Gasteiger partial charge in [0, 0.05) is 17.3 Å². The molecule has 1 amide bonds. The smallest absolute Gasteiger partial charge is 0.534 e. The first-order valence-corrected chi connectivity index (χ1v) is 8.38. The van der Waals surface area contributed by atoms with E-state index in [4.69, 9.17) is 4.65 Å². The van der Waals surface area contributed by atoms with Crippen molar-refractivity contribution < 1.29 is 19.3 Å². The molecule has 0 fully saturated rings. The number of nitrogens with one attached hydrogen (secondary N) is 2. The Morgan fingerprint density at radius 2 is 2.12 bits per heavy atom. The largest absolute Gasteiger partial charge is 0.547 e. The van der Waals surface area contributed by atoms with Gasteiger partial charge >= 0.3 is 7.12 Å². The molecule has 0 saturated carbocycles. The van der Waals surface area contributed by atoms with Gasteiger partial charge in [-0.1, -0.05) is 18.2 Å². The maximum Gasteiger partial charge on any atom is 0.547 e. The fraction of sp³-hybridized carbons (Fsp3) is 0.158. The van der Waals surface area contributed by atoms with Gasteiger partial charge in [-0.05, 0) is 48.6 Å². The van der Waals surface area contributed by atoms with Crippen molar-refractivity contribution in [2.24, 2.45) is 0 Å². The van der Waals surface area contributed by atoms with E-state index < -0.39 is 13.1 Å². The summed E-state index contributed by atoms with van der Waals surface area (Å²) < 4.78 is 5.55. The first-order valence-electron chi connectivity index (χ1n) is 8.38. The van der Waals surface area contributed by atoms with Crippen LogP contribution in [0, 0.1) is 0 Å². The molecule has 0 bridgehead atoms. The number of rotatable bonds is 3. The number of fused-ring (bicyclic) bond motifs is 2. The first kappa shape index (κ1) is 16.4. The second kappa shape index (κ2) is 6.35. The van der Waals surface area contributed by atoms with Crippen LogP contribution in [0.5, 0.6) is 5.75 Å². The van der Waals surface area contributed by atoms with Crippen LogP contribution in [0.2, 0.25) is 0 Å². The van der Waals surface area contributed by atoms with Crippen LogP contribution in [0.25, 0.3) is 10.9 Å². The van der Waals surface area contributed by atoms with Gasteiger partial charge in [0.05, 0.1) is 11.5 Å². The lowest BCUT2D eigenvalue weighted by atomic mass is 9.72. The Balaban J connectivity index is 1.56. The highest BCUT2D eigenvalue weighted by atomic mass is 16.5. The zero-order valence-corrected chi connectivity index (χ0v) is 14.2. The number of aromatic amines is 1. The van der Waals surface area contributed by atoms with Gasteiger partial charge in [-0.2, -0.15) is 0 Å². The van der Waals surface area contributed by atoms with E-state index in [1.54, 1.807) is 24.3 Å². The summed E-state index contributed by atoms with van der Waals surface area (Å²) in [5, 5.41) is 14.1. The summed E-state index contributed by atoms with van der Waals surface area (Å²) in [6, 6.07) is 12.6. The van der Waals surface area contributed by atoms with E-state index in [1.807, 2.05) is 24.4 Å². The Hall–Kier alpha value is -3.06. The number of amides is 1. The summed E-state index contributed by atoms with van der Waals surface area (Å²) in [4.78, 5) is 27.4. The molecule has 2 aromatic carbocycles. The second-order valence-electron chi connectivity index (χ2n) is 6.42. The zero-order valence-electron chi connectivity index (χ0n) is 14.2. The second-order valence-corrected chi connectivity index (χ2v) is 6.42. The summed E-state index contributed by atoms with van der Waals surface area (Å²) in [5.41, 5.74) is 2.58. The van der Waals surface area contributed by atoms with Crippen molar-refractivity contribution >= 4 is 29.7 Å². The molecule has 2 heterocycles. The fourth-order valence-corrected chi connectivity index (χ4v) is 3.27. The number of H-pyrrole nitrogens is 1.